The number of nitrogens with one attached hydrogen (secondary N) is 1. The molecular weight excluding hydrogens is 383 g/mol. The van der Waals surface area contributed by atoms with Crippen molar-refractivity contribution in [1.82, 2.24) is 5.32 Å². The number of amides is 2. The molecule has 0 spiro atoms. The number of carbonyl (C=O) groups excluding carboxylic acids is 2. The quantitative estimate of drug-likeness (QED) is 0.465. The van der Waals surface area contributed by atoms with Crippen molar-refractivity contribution < 1.29 is 14.7 Å². The Bertz CT molecular complexity index is 926. The molecule has 2 aromatic rings. The first-order valence-electron chi connectivity index (χ1n) is 7.02. The second-order valence-electron chi connectivity index (χ2n) is 5.15. The summed E-state index contributed by atoms with van der Waals surface area (Å²) in [6, 6.07) is 10.7. The highest BCUT2D eigenvalue weighted by Crippen LogP contribution is 2.31. The zero-order valence-corrected chi connectivity index (χ0v) is 14.8. The number of hydrogen-bond acceptors (Lipinski definition) is 4. The number of phenolic OH excluding ortho intramolecular Hbond substituents is 1. The minimum atomic E-state index is -0.607. The van der Waals surface area contributed by atoms with E-state index in [9.17, 15) is 14.7 Å². The molecule has 0 unspecified atom stereocenters. The van der Waals surface area contributed by atoms with E-state index in [2.05, 4.69) is 5.32 Å². The van der Waals surface area contributed by atoms with Crippen LogP contribution in [0.1, 0.15) is 5.56 Å². The molecule has 0 radical (unpaired) electrons. The lowest BCUT2D eigenvalue weighted by molar-refractivity contribution is -0.122. The Hall–Kier alpha value is -2.41. The highest BCUT2D eigenvalue weighted by molar-refractivity contribution is 7.80. The van der Waals surface area contributed by atoms with E-state index < -0.39 is 11.8 Å². The Morgan fingerprint density at radius 2 is 1.76 bits per heavy atom. The van der Waals surface area contributed by atoms with Crippen molar-refractivity contribution in [2.24, 2.45) is 0 Å². The summed E-state index contributed by atoms with van der Waals surface area (Å²) in [5.41, 5.74) is 0.786. The van der Waals surface area contributed by atoms with Crippen LogP contribution in [-0.2, 0) is 9.59 Å². The number of halogens is 2. The van der Waals surface area contributed by atoms with Gasteiger partial charge in [0.1, 0.15) is 11.3 Å². The Morgan fingerprint density at radius 3 is 2.40 bits per heavy atom. The molecule has 2 N–H and O–H groups in total. The molecule has 0 atom stereocenters. The molecule has 1 aliphatic heterocycles. The fourth-order valence-electron chi connectivity index (χ4n) is 2.28. The van der Waals surface area contributed by atoms with Gasteiger partial charge in [0, 0.05) is 5.02 Å². The van der Waals surface area contributed by atoms with E-state index in [1.54, 1.807) is 24.3 Å². The van der Waals surface area contributed by atoms with Crippen LogP contribution >= 0.6 is 35.4 Å². The molecule has 1 heterocycles. The number of aromatic hydroxyl groups is 1. The predicted octanol–water partition coefficient (Wildman–Crippen LogP) is 3.53. The molecule has 3 rings (SSSR count). The van der Waals surface area contributed by atoms with E-state index >= 15 is 0 Å². The summed E-state index contributed by atoms with van der Waals surface area (Å²) in [5.74, 6) is -1.13. The Kier molecular flexibility index (Phi) is 4.76. The van der Waals surface area contributed by atoms with Crippen molar-refractivity contribution in [3.8, 4) is 5.75 Å². The first-order chi connectivity index (χ1) is 11.9. The number of benzene rings is 2. The molecular formula is C17H10Cl2N2O3S. The van der Waals surface area contributed by atoms with Crippen molar-refractivity contribution in [2.45, 2.75) is 0 Å². The second-order valence-corrected chi connectivity index (χ2v) is 6.38. The third-order valence-corrected chi connectivity index (χ3v) is 4.28. The minimum Gasteiger partial charge on any atom is -0.508 e. The van der Waals surface area contributed by atoms with Gasteiger partial charge in [-0.15, -0.1) is 0 Å². The number of hydrogen-bond donors (Lipinski definition) is 2. The molecule has 5 nitrogen and oxygen atoms in total. The SMILES string of the molecule is O=C1NC(=S)N(c2ccc(Cl)cc2Cl)C(=O)C1=Cc1ccc(O)cc1. The summed E-state index contributed by atoms with van der Waals surface area (Å²) in [6.07, 6.45) is 1.41. The van der Waals surface area contributed by atoms with E-state index in [1.165, 1.54) is 24.3 Å². The van der Waals surface area contributed by atoms with E-state index in [-0.39, 0.29) is 21.5 Å². The summed E-state index contributed by atoms with van der Waals surface area (Å²) < 4.78 is 0. The number of rotatable bonds is 2. The van der Waals surface area contributed by atoms with E-state index in [0.29, 0.717) is 16.3 Å². The van der Waals surface area contributed by atoms with Crippen molar-refractivity contribution in [1.29, 1.82) is 0 Å². The maximum atomic E-state index is 12.8. The van der Waals surface area contributed by atoms with Gasteiger partial charge in [0.25, 0.3) is 11.8 Å². The second kappa shape index (κ2) is 6.84. The number of nitrogens with zero attached hydrogens (tertiary/aromatic N) is 1. The van der Waals surface area contributed by atoms with Gasteiger partial charge in [-0.2, -0.15) is 0 Å². The summed E-state index contributed by atoms with van der Waals surface area (Å²) in [6.45, 7) is 0. The summed E-state index contributed by atoms with van der Waals surface area (Å²) in [7, 11) is 0. The lowest BCUT2D eigenvalue weighted by Crippen LogP contribution is -2.54. The van der Waals surface area contributed by atoms with E-state index in [0.717, 1.165) is 4.90 Å². The van der Waals surface area contributed by atoms with Crippen LogP contribution in [0.3, 0.4) is 0 Å². The van der Waals surface area contributed by atoms with Crippen molar-refractivity contribution in [2.75, 3.05) is 4.90 Å². The molecule has 0 aromatic heterocycles. The van der Waals surface area contributed by atoms with Gasteiger partial charge in [-0.25, -0.2) is 0 Å². The molecule has 126 valence electrons. The summed E-state index contributed by atoms with van der Waals surface area (Å²) >= 11 is 17.1. The lowest BCUT2D eigenvalue weighted by Gasteiger charge is -2.29. The van der Waals surface area contributed by atoms with Gasteiger partial charge >= 0.3 is 0 Å². The van der Waals surface area contributed by atoms with Crippen LogP contribution in [0, 0.1) is 0 Å². The maximum absolute atomic E-state index is 12.8. The van der Waals surface area contributed by atoms with Crippen LogP contribution < -0.4 is 10.2 Å². The largest absolute Gasteiger partial charge is 0.508 e. The van der Waals surface area contributed by atoms with Crippen LogP contribution in [-0.4, -0.2) is 22.0 Å². The number of thiocarbonyl (C=S) groups is 1. The smallest absolute Gasteiger partial charge is 0.270 e. The molecule has 8 heteroatoms. The van der Waals surface area contributed by atoms with E-state index in [4.69, 9.17) is 35.4 Å². The zero-order valence-electron chi connectivity index (χ0n) is 12.5. The summed E-state index contributed by atoms with van der Waals surface area (Å²) in [5, 5.41) is 12.4. The molecule has 1 fully saturated rings. The van der Waals surface area contributed by atoms with Gasteiger partial charge in [0.2, 0.25) is 0 Å². The molecule has 0 bridgehead atoms. The minimum absolute atomic E-state index is 0.0675. The molecule has 2 aromatic carbocycles. The third kappa shape index (κ3) is 3.51. The normalized spacial score (nSPS) is 16.3. The maximum Gasteiger partial charge on any atom is 0.270 e. The topological polar surface area (TPSA) is 69.6 Å². The number of anilines is 1. The highest BCUT2D eigenvalue weighted by Gasteiger charge is 2.35. The van der Waals surface area contributed by atoms with E-state index in [1.807, 2.05) is 0 Å². The molecule has 2 amide bonds. The van der Waals surface area contributed by atoms with Gasteiger partial charge in [-0.1, -0.05) is 35.3 Å². The molecule has 0 saturated carbocycles. The van der Waals surface area contributed by atoms with Gasteiger partial charge in [-0.05, 0) is 54.2 Å². The molecule has 0 aliphatic carbocycles. The Labute approximate surface area is 158 Å². The van der Waals surface area contributed by atoms with Crippen LogP contribution in [0.2, 0.25) is 10.0 Å². The number of phenols is 1. The van der Waals surface area contributed by atoms with Gasteiger partial charge in [0.15, 0.2) is 5.11 Å². The van der Waals surface area contributed by atoms with Crippen molar-refractivity contribution in [3.05, 3.63) is 63.6 Å². The molecule has 1 aliphatic rings. The first kappa shape index (κ1) is 17.4. The van der Waals surface area contributed by atoms with Gasteiger partial charge in [-0.3, -0.25) is 19.8 Å². The fourth-order valence-corrected chi connectivity index (χ4v) is 3.04. The average Bonchev–Trinajstić information content (AvgIpc) is 2.55. The van der Waals surface area contributed by atoms with Crippen molar-refractivity contribution in [3.63, 3.8) is 0 Å². The zero-order chi connectivity index (χ0) is 18.1. The third-order valence-electron chi connectivity index (χ3n) is 3.46. The highest BCUT2D eigenvalue weighted by atomic mass is 35.5. The Balaban J connectivity index is 2.03. The van der Waals surface area contributed by atoms with Crippen LogP contribution in [0.5, 0.6) is 5.75 Å². The van der Waals surface area contributed by atoms with Crippen LogP contribution in [0.4, 0.5) is 5.69 Å². The molecule has 25 heavy (non-hydrogen) atoms. The van der Waals surface area contributed by atoms with Gasteiger partial charge < -0.3 is 5.11 Å². The van der Waals surface area contributed by atoms with Crippen LogP contribution in [0.25, 0.3) is 6.08 Å². The first-order valence-corrected chi connectivity index (χ1v) is 8.19. The fraction of sp³-hybridized carbons (Fsp3) is 0. The Morgan fingerprint density at radius 1 is 1.08 bits per heavy atom. The standard InChI is InChI=1S/C17H10Cl2N2O3S/c18-10-3-6-14(13(19)8-10)21-16(24)12(15(23)20-17(21)25)7-9-1-4-11(22)5-2-9/h1-8,22H,(H,20,23,25). The lowest BCUT2D eigenvalue weighted by atomic mass is 10.1. The average molecular weight is 393 g/mol. The summed E-state index contributed by atoms with van der Waals surface area (Å²) in [4.78, 5) is 26.1. The van der Waals surface area contributed by atoms with Crippen LogP contribution in [0.15, 0.2) is 48.0 Å². The monoisotopic (exact) mass is 392 g/mol. The molecule has 1 saturated heterocycles. The predicted molar refractivity (Wildman–Crippen MR) is 101 cm³/mol. The number of carbonyl (C=O) groups is 2. The van der Waals surface area contributed by atoms with Crippen molar-refractivity contribution >= 4 is 64.1 Å². The van der Waals surface area contributed by atoms with Gasteiger partial charge in [0.05, 0.1) is 10.7 Å².